The first-order valence-corrected chi connectivity index (χ1v) is 12.6. The van der Waals surface area contributed by atoms with Crippen molar-refractivity contribution >= 4 is 27.9 Å². The molecule has 0 aliphatic heterocycles. The van der Waals surface area contributed by atoms with Crippen LogP contribution in [0.25, 0.3) is 11.3 Å². The predicted octanol–water partition coefficient (Wildman–Crippen LogP) is 6.04. The molecule has 37 heavy (non-hydrogen) atoms. The highest BCUT2D eigenvalue weighted by molar-refractivity contribution is 9.10. The molecular formula is C29H29BrN2O5. The van der Waals surface area contributed by atoms with Crippen LogP contribution in [0.4, 0.5) is 0 Å². The third-order valence-corrected chi connectivity index (χ3v) is 8.11. The summed E-state index contributed by atoms with van der Waals surface area (Å²) in [5.41, 5.74) is 5.03. The fraction of sp³-hybridized carbons (Fsp3) is 0.276. The van der Waals surface area contributed by atoms with Crippen LogP contribution in [0.1, 0.15) is 41.3 Å². The molecule has 0 saturated carbocycles. The molecule has 3 aromatic rings. The van der Waals surface area contributed by atoms with Gasteiger partial charge < -0.3 is 14.9 Å². The van der Waals surface area contributed by atoms with E-state index in [1.807, 2.05) is 56.8 Å². The van der Waals surface area contributed by atoms with Gasteiger partial charge in [0.2, 0.25) is 0 Å². The van der Waals surface area contributed by atoms with Gasteiger partial charge >= 0.3 is 11.9 Å². The number of benzene rings is 2. The molecule has 1 aliphatic carbocycles. The molecule has 0 bridgehead atoms. The number of halogens is 1. The second-order valence-electron chi connectivity index (χ2n) is 9.49. The van der Waals surface area contributed by atoms with Gasteiger partial charge in [-0.25, -0.2) is 4.79 Å². The Labute approximate surface area is 224 Å². The standard InChI is InChI=1S/C29H29BrN2O5/c1-16-7-6-8-23(29(28(35)36)12-11-17(2)21(14-29)27(33)34)22(16)15-37-24-10-9-20(13-18(24)3)26-25(30)19(4)32(5)31-26/h6-13H,14-15H2,1-5H3,(H,33,34)(H,35,36). The van der Waals surface area contributed by atoms with Gasteiger partial charge in [0.25, 0.3) is 0 Å². The van der Waals surface area contributed by atoms with Crippen molar-refractivity contribution in [2.75, 3.05) is 0 Å². The lowest BCUT2D eigenvalue weighted by atomic mass is 9.69. The summed E-state index contributed by atoms with van der Waals surface area (Å²) in [6, 6.07) is 11.3. The van der Waals surface area contributed by atoms with Crippen molar-refractivity contribution in [2.45, 2.75) is 46.1 Å². The minimum absolute atomic E-state index is 0.0978. The Hall–Kier alpha value is -3.65. The Kier molecular flexibility index (Phi) is 7.15. The van der Waals surface area contributed by atoms with Crippen LogP contribution in [-0.2, 0) is 28.7 Å². The van der Waals surface area contributed by atoms with Gasteiger partial charge in [-0.1, -0.05) is 30.4 Å². The van der Waals surface area contributed by atoms with Gasteiger partial charge in [0.05, 0.1) is 4.47 Å². The molecule has 0 spiro atoms. The number of aliphatic carboxylic acids is 2. The van der Waals surface area contributed by atoms with Crippen LogP contribution in [0.15, 0.2) is 64.2 Å². The van der Waals surface area contributed by atoms with Gasteiger partial charge in [-0.3, -0.25) is 9.48 Å². The second kappa shape index (κ2) is 10.0. The van der Waals surface area contributed by atoms with Crippen LogP contribution < -0.4 is 4.74 Å². The highest BCUT2D eigenvalue weighted by Crippen LogP contribution is 2.41. The van der Waals surface area contributed by atoms with Gasteiger partial charge in [0, 0.05) is 30.3 Å². The zero-order chi connectivity index (χ0) is 27.1. The maximum Gasteiger partial charge on any atom is 0.331 e. The zero-order valence-corrected chi connectivity index (χ0v) is 23.0. The number of rotatable bonds is 7. The summed E-state index contributed by atoms with van der Waals surface area (Å²) >= 11 is 3.62. The summed E-state index contributed by atoms with van der Waals surface area (Å²) < 4.78 is 8.99. The number of aryl methyl sites for hydroxylation is 3. The number of allylic oxidation sites excluding steroid dienone is 2. The first kappa shape index (κ1) is 26.4. The molecule has 0 amide bonds. The van der Waals surface area contributed by atoms with Crippen LogP contribution in [0.3, 0.4) is 0 Å². The molecule has 1 aliphatic rings. The van der Waals surface area contributed by atoms with Crippen molar-refractivity contribution in [1.82, 2.24) is 9.78 Å². The SMILES string of the molecule is CC1=C(C(=O)O)CC(C(=O)O)(c2cccc(C)c2COc2ccc(-c3nn(C)c(C)c3Br)cc2C)C=C1. The lowest BCUT2D eigenvalue weighted by Gasteiger charge is -2.32. The number of carbonyl (C=O) groups is 2. The molecule has 4 rings (SSSR count). The van der Waals surface area contributed by atoms with Gasteiger partial charge in [0.15, 0.2) is 0 Å². The summed E-state index contributed by atoms with van der Waals surface area (Å²) in [7, 11) is 1.90. The van der Waals surface area contributed by atoms with E-state index >= 15 is 0 Å². The number of ether oxygens (including phenoxy) is 1. The summed E-state index contributed by atoms with van der Waals surface area (Å²) in [6.07, 6.45) is 3.05. The molecule has 0 saturated heterocycles. The molecule has 1 heterocycles. The minimum atomic E-state index is -1.50. The van der Waals surface area contributed by atoms with Crippen LogP contribution in [-0.4, -0.2) is 31.9 Å². The van der Waals surface area contributed by atoms with Crippen LogP contribution in [0.5, 0.6) is 5.75 Å². The first-order valence-electron chi connectivity index (χ1n) is 11.8. The lowest BCUT2D eigenvalue weighted by Crippen LogP contribution is -2.38. The molecule has 2 N–H and O–H groups in total. The van der Waals surface area contributed by atoms with Gasteiger partial charge in [0.1, 0.15) is 23.5 Å². The van der Waals surface area contributed by atoms with Crippen molar-refractivity contribution in [1.29, 1.82) is 0 Å². The third-order valence-electron chi connectivity index (χ3n) is 7.16. The molecule has 7 nitrogen and oxygen atoms in total. The number of nitrogens with zero attached hydrogens (tertiary/aromatic N) is 2. The fourth-order valence-corrected chi connectivity index (χ4v) is 5.29. The van der Waals surface area contributed by atoms with Crippen LogP contribution >= 0.6 is 15.9 Å². The third kappa shape index (κ3) is 4.73. The van der Waals surface area contributed by atoms with Gasteiger partial charge in [-0.15, -0.1) is 0 Å². The monoisotopic (exact) mass is 564 g/mol. The number of hydrogen-bond donors (Lipinski definition) is 2. The zero-order valence-electron chi connectivity index (χ0n) is 21.4. The van der Waals surface area contributed by atoms with Crippen LogP contribution in [0, 0.1) is 20.8 Å². The average molecular weight is 565 g/mol. The lowest BCUT2D eigenvalue weighted by molar-refractivity contribution is -0.142. The van der Waals surface area contributed by atoms with E-state index in [4.69, 9.17) is 4.74 Å². The van der Waals surface area contributed by atoms with E-state index in [1.165, 1.54) is 0 Å². The topological polar surface area (TPSA) is 102 Å². The van der Waals surface area contributed by atoms with Crippen LogP contribution in [0.2, 0.25) is 0 Å². The molecular weight excluding hydrogens is 536 g/mol. The van der Waals surface area contributed by atoms with E-state index < -0.39 is 17.4 Å². The Morgan fingerprint density at radius 1 is 1.11 bits per heavy atom. The number of carboxylic acid groups (broad SMARTS) is 2. The molecule has 8 heteroatoms. The molecule has 1 unspecified atom stereocenters. The number of aromatic nitrogens is 2. The molecule has 0 radical (unpaired) electrons. The molecule has 192 valence electrons. The minimum Gasteiger partial charge on any atom is -0.489 e. The number of hydrogen-bond acceptors (Lipinski definition) is 4. The van der Waals surface area contributed by atoms with E-state index in [9.17, 15) is 19.8 Å². The Bertz CT molecular complexity index is 1480. The fourth-order valence-electron chi connectivity index (χ4n) is 4.72. The van der Waals surface area contributed by atoms with Crippen molar-refractivity contribution < 1.29 is 24.5 Å². The average Bonchev–Trinajstić information content (AvgIpc) is 3.11. The predicted molar refractivity (Wildman–Crippen MR) is 145 cm³/mol. The second-order valence-corrected chi connectivity index (χ2v) is 10.3. The van der Waals surface area contributed by atoms with Crippen molar-refractivity contribution in [3.05, 3.63) is 92.1 Å². The van der Waals surface area contributed by atoms with E-state index in [0.29, 0.717) is 16.9 Å². The van der Waals surface area contributed by atoms with Crippen molar-refractivity contribution in [3.8, 4) is 17.0 Å². The van der Waals surface area contributed by atoms with E-state index in [-0.39, 0.29) is 18.6 Å². The summed E-state index contributed by atoms with van der Waals surface area (Å²) in [4.78, 5) is 24.5. The quantitative estimate of drug-likeness (QED) is 0.363. The van der Waals surface area contributed by atoms with Crippen molar-refractivity contribution in [2.24, 2.45) is 7.05 Å². The van der Waals surface area contributed by atoms with Crippen molar-refractivity contribution in [3.63, 3.8) is 0 Å². The molecule has 0 fully saturated rings. The Morgan fingerprint density at radius 3 is 2.43 bits per heavy atom. The Balaban J connectivity index is 1.68. The van der Waals surface area contributed by atoms with E-state index in [2.05, 4.69) is 21.0 Å². The Morgan fingerprint density at radius 2 is 1.84 bits per heavy atom. The van der Waals surface area contributed by atoms with E-state index in [0.717, 1.165) is 38.1 Å². The first-order chi connectivity index (χ1) is 17.5. The van der Waals surface area contributed by atoms with E-state index in [1.54, 1.807) is 31.2 Å². The largest absolute Gasteiger partial charge is 0.489 e. The highest BCUT2D eigenvalue weighted by atomic mass is 79.9. The molecule has 1 atom stereocenters. The maximum atomic E-state index is 12.6. The summed E-state index contributed by atoms with van der Waals surface area (Å²) in [5, 5.41) is 24.6. The van der Waals surface area contributed by atoms with Gasteiger partial charge in [-0.05, 0) is 89.7 Å². The summed E-state index contributed by atoms with van der Waals surface area (Å²) in [5.74, 6) is -1.53. The molecule has 1 aromatic heterocycles. The highest BCUT2D eigenvalue weighted by Gasteiger charge is 2.43. The smallest absolute Gasteiger partial charge is 0.331 e. The maximum absolute atomic E-state index is 12.6. The number of carboxylic acids is 2. The summed E-state index contributed by atoms with van der Waals surface area (Å²) in [6.45, 7) is 7.68. The normalized spacial score (nSPS) is 17.2. The van der Waals surface area contributed by atoms with Gasteiger partial charge in [-0.2, -0.15) is 5.10 Å². The molecule has 2 aromatic carbocycles.